The zero-order valence-corrected chi connectivity index (χ0v) is 17.2. The minimum Gasteiger partial charge on any atom is -0.377 e. The van der Waals surface area contributed by atoms with Crippen LogP contribution in [0.15, 0.2) is 35.2 Å². The monoisotopic (exact) mass is 455 g/mol. The number of fused-ring (bicyclic) bond motifs is 2. The highest BCUT2D eigenvalue weighted by Crippen LogP contribution is 2.34. The van der Waals surface area contributed by atoms with Gasteiger partial charge in [-0.15, -0.1) is 0 Å². The van der Waals surface area contributed by atoms with Crippen molar-refractivity contribution in [2.45, 2.75) is 13.0 Å². The number of nitrogens with zero attached hydrogens (tertiary/aromatic N) is 4. The molecular weight excluding hydrogens is 438 g/mol. The average molecular weight is 456 g/mol. The highest BCUT2D eigenvalue weighted by Gasteiger charge is 2.29. The predicted molar refractivity (Wildman–Crippen MR) is 112 cm³/mol. The second-order valence-electron chi connectivity index (χ2n) is 6.98. The van der Waals surface area contributed by atoms with Crippen LogP contribution in [0.25, 0.3) is 21.9 Å². The molecule has 1 atom stereocenters. The van der Waals surface area contributed by atoms with E-state index in [1.165, 1.54) is 6.33 Å². The predicted octanol–water partition coefficient (Wildman–Crippen LogP) is 3.20. The molecule has 1 fully saturated rings. The van der Waals surface area contributed by atoms with Crippen LogP contribution < -0.4 is 5.32 Å². The molecule has 9 nitrogen and oxygen atoms in total. The number of anilines is 2. The highest BCUT2D eigenvalue weighted by atomic mass is 79.9. The molecule has 1 amide bonds. The van der Waals surface area contributed by atoms with Crippen molar-refractivity contribution in [2.75, 3.05) is 25.1 Å². The summed E-state index contributed by atoms with van der Waals surface area (Å²) in [5, 5.41) is 12.0. The molecule has 148 valence electrons. The van der Waals surface area contributed by atoms with Crippen LogP contribution in [0.2, 0.25) is 0 Å². The van der Waals surface area contributed by atoms with Gasteiger partial charge in [-0.05, 0) is 41.1 Å². The van der Waals surface area contributed by atoms with E-state index < -0.39 is 0 Å². The smallest absolute Gasteiger partial charge is 0.271 e. The summed E-state index contributed by atoms with van der Waals surface area (Å²) < 4.78 is 6.08. The molecule has 3 N–H and O–H groups in total. The Morgan fingerprint density at radius 2 is 2.28 bits per heavy atom. The minimum atomic E-state index is -0.0866. The van der Waals surface area contributed by atoms with E-state index in [-0.39, 0.29) is 11.9 Å². The fourth-order valence-corrected chi connectivity index (χ4v) is 4.20. The normalized spacial score (nSPS) is 17.2. The average Bonchev–Trinajstić information content (AvgIpc) is 3.32. The summed E-state index contributed by atoms with van der Waals surface area (Å²) >= 11 is 3.59. The molecule has 0 radical (unpaired) electrons. The first-order valence-corrected chi connectivity index (χ1v) is 10.0. The quantitative estimate of drug-likeness (QED) is 0.437. The Labute approximate surface area is 174 Å². The number of carbonyl (C=O) groups excluding carboxylic acids is 1. The zero-order chi connectivity index (χ0) is 20.0. The lowest BCUT2D eigenvalue weighted by Crippen LogP contribution is -2.47. The second-order valence-corrected chi connectivity index (χ2v) is 7.77. The van der Waals surface area contributed by atoms with Gasteiger partial charge < -0.3 is 19.9 Å². The first-order chi connectivity index (χ1) is 14.1. The molecule has 3 aromatic heterocycles. The molecule has 0 aliphatic carbocycles. The Morgan fingerprint density at radius 1 is 1.38 bits per heavy atom. The summed E-state index contributed by atoms with van der Waals surface area (Å²) in [7, 11) is 0. The molecule has 29 heavy (non-hydrogen) atoms. The minimum absolute atomic E-state index is 0.0138. The number of hydrogen-bond acceptors (Lipinski definition) is 6. The Morgan fingerprint density at radius 3 is 3.14 bits per heavy atom. The molecule has 1 aliphatic rings. The zero-order valence-electron chi connectivity index (χ0n) is 15.6. The van der Waals surface area contributed by atoms with Gasteiger partial charge in [0.2, 0.25) is 0 Å². The molecule has 10 heteroatoms. The van der Waals surface area contributed by atoms with Gasteiger partial charge in [0.1, 0.15) is 23.5 Å². The SMILES string of the molecule is CC1COCCN1C(=O)c1[nH]c2ncnc(Nc3ccc4[nH]ncc4c3)c2c1Br. The van der Waals surface area contributed by atoms with Crippen LogP contribution in [0.1, 0.15) is 17.4 Å². The number of carbonyl (C=O) groups is 1. The number of benzene rings is 1. The van der Waals surface area contributed by atoms with Crippen LogP contribution in [0, 0.1) is 0 Å². The first kappa shape index (κ1) is 18.1. The van der Waals surface area contributed by atoms with Gasteiger partial charge in [0.15, 0.2) is 0 Å². The van der Waals surface area contributed by atoms with Crippen molar-refractivity contribution in [1.82, 2.24) is 30.0 Å². The fourth-order valence-electron chi connectivity index (χ4n) is 3.56. The number of aromatic nitrogens is 5. The Hall–Kier alpha value is -2.98. The van der Waals surface area contributed by atoms with E-state index >= 15 is 0 Å². The third kappa shape index (κ3) is 3.14. The van der Waals surface area contributed by atoms with Crippen molar-refractivity contribution in [3.8, 4) is 0 Å². The molecule has 4 aromatic rings. The molecule has 1 aromatic carbocycles. The number of nitrogens with one attached hydrogen (secondary N) is 3. The lowest BCUT2D eigenvalue weighted by Gasteiger charge is -2.33. The van der Waals surface area contributed by atoms with Gasteiger partial charge in [-0.1, -0.05) is 0 Å². The van der Waals surface area contributed by atoms with Gasteiger partial charge in [0.25, 0.3) is 5.91 Å². The standard InChI is InChI=1S/C19H18BrN7O2/c1-10-8-29-5-4-27(10)19(28)16-15(20)14-17(21-9-22-18(14)25-16)24-12-2-3-13-11(6-12)7-23-26-13/h2-3,6-7,9-10H,4-5,8H2,1H3,(H,23,26)(H2,21,22,24,25). The molecular formula is C19H18BrN7O2. The lowest BCUT2D eigenvalue weighted by molar-refractivity contribution is 0.00327. The summed E-state index contributed by atoms with van der Waals surface area (Å²) in [6, 6.07) is 5.88. The molecule has 0 spiro atoms. The van der Waals surface area contributed by atoms with Gasteiger partial charge in [0, 0.05) is 17.6 Å². The molecule has 1 saturated heterocycles. The number of rotatable bonds is 3. The van der Waals surface area contributed by atoms with Gasteiger partial charge in [-0.3, -0.25) is 9.89 Å². The maximum atomic E-state index is 13.1. The number of hydrogen-bond donors (Lipinski definition) is 3. The third-order valence-corrected chi connectivity index (χ3v) is 5.87. The Kier molecular flexibility index (Phi) is 4.44. The summed E-state index contributed by atoms with van der Waals surface area (Å²) in [6.45, 7) is 3.61. The number of aromatic amines is 2. The van der Waals surface area contributed by atoms with E-state index in [2.05, 4.69) is 46.4 Å². The molecule has 0 bridgehead atoms. The summed E-state index contributed by atoms with van der Waals surface area (Å²) in [4.78, 5) is 26.8. The maximum absolute atomic E-state index is 13.1. The first-order valence-electron chi connectivity index (χ1n) is 9.23. The van der Waals surface area contributed by atoms with Gasteiger partial charge in [-0.25, -0.2) is 9.97 Å². The van der Waals surface area contributed by atoms with E-state index in [9.17, 15) is 4.79 Å². The van der Waals surface area contributed by atoms with E-state index in [1.807, 2.05) is 30.0 Å². The number of amides is 1. The Bertz CT molecular complexity index is 1220. The van der Waals surface area contributed by atoms with E-state index in [1.54, 1.807) is 6.20 Å². The van der Waals surface area contributed by atoms with E-state index in [0.29, 0.717) is 41.4 Å². The number of ether oxygens (including phenoxy) is 1. The molecule has 1 unspecified atom stereocenters. The Balaban J connectivity index is 1.52. The maximum Gasteiger partial charge on any atom is 0.271 e. The van der Waals surface area contributed by atoms with Crippen LogP contribution in [-0.2, 0) is 4.74 Å². The topological polar surface area (TPSA) is 112 Å². The van der Waals surface area contributed by atoms with Crippen LogP contribution in [0.4, 0.5) is 11.5 Å². The van der Waals surface area contributed by atoms with Gasteiger partial charge >= 0.3 is 0 Å². The second kappa shape index (κ2) is 7.12. The highest BCUT2D eigenvalue weighted by molar-refractivity contribution is 9.10. The van der Waals surface area contributed by atoms with Crippen molar-refractivity contribution in [3.05, 3.63) is 40.9 Å². The van der Waals surface area contributed by atoms with Crippen molar-refractivity contribution in [2.24, 2.45) is 0 Å². The van der Waals surface area contributed by atoms with E-state index in [4.69, 9.17) is 4.74 Å². The van der Waals surface area contributed by atoms with Crippen LogP contribution in [-0.4, -0.2) is 61.8 Å². The largest absolute Gasteiger partial charge is 0.377 e. The van der Waals surface area contributed by atoms with Crippen LogP contribution in [0.3, 0.4) is 0 Å². The summed E-state index contributed by atoms with van der Waals surface area (Å²) in [5.74, 6) is 0.520. The number of morpholine rings is 1. The van der Waals surface area contributed by atoms with Gasteiger partial charge in [0.05, 0.1) is 40.8 Å². The van der Waals surface area contributed by atoms with Crippen molar-refractivity contribution >= 4 is 55.3 Å². The molecule has 1 aliphatic heterocycles. The molecule has 5 rings (SSSR count). The number of H-pyrrole nitrogens is 2. The third-order valence-electron chi connectivity index (χ3n) is 5.07. The molecule has 0 saturated carbocycles. The summed E-state index contributed by atoms with van der Waals surface area (Å²) in [6.07, 6.45) is 3.23. The summed E-state index contributed by atoms with van der Waals surface area (Å²) in [5.41, 5.74) is 2.87. The fraction of sp³-hybridized carbons (Fsp3) is 0.263. The van der Waals surface area contributed by atoms with Gasteiger partial charge in [-0.2, -0.15) is 5.10 Å². The number of halogens is 1. The van der Waals surface area contributed by atoms with E-state index in [0.717, 1.165) is 22.0 Å². The lowest BCUT2D eigenvalue weighted by atomic mass is 10.2. The van der Waals surface area contributed by atoms with Crippen LogP contribution in [0.5, 0.6) is 0 Å². The van der Waals surface area contributed by atoms with Crippen molar-refractivity contribution in [3.63, 3.8) is 0 Å². The molecule has 4 heterocycles. The van der Waals surface area contributed by atoms with Crippen molar-refractivity contribution in [1.29, 1.82) is 0 Å². The van der Waals surface area contributed by atoms with Crippen molar-refractivity contribution < 1.29 is 9.53 Å². The van der Waals surface area contributed by atoms with Crippen LogP contribution >= 0.6 is 15.9 Å².